The molecule has 0 amide bonds. The zero-order valence-corrected chi connectivity index (χ0v) is 11.4. The molecule has 0 fully saturated rings. The highest BCUT2D eigenvalue weighted by Gasteiger charge is 2.14. The number of rotatable bonds is 2. The van der Waals surface area contributed by atoms with Crippen molar-refractivity contribution < 1.29 is 8.78 Å². The van der Waals surface area contributed by atoms with Gasteiger partial charge < -0.3 is 11.1 Å². The van der Waals surface area contributed by atoms with Crippen molar-refractivity contribution in [1.29, 1.82) is 0 Å². The number of nitrogens with two attached hydrogens (primary N) is 1. The first-order valence-electron chi connectivity index (χ1n) is 4.91. The van der Waals surface area contributed by atoms with Crippen molar-refractivity contribution in [2.75, 3.05) is 11.1 Å². The van der Waals surface area contributed by atoms with Gasteiger partial charge in [0, 0.05) is 6.07 Å². The number of nitrogen functional groups attached to an aromatic ring is 1. The second-order valence-electron chi connectivity index (χ2n) is 3.56. The van der Waals surface area contributed by atoms with Crippen molar-refractivity contribution in [3.8, 4) is 0 Å². The molecule has 1 aromatic carbocycles. The SMILES string of the molecule is Nc1nc(Nc2c(F)cc(F)cc2Cl)c(Cl)cc1Cl. The molecular weight excluding hydrogens is 318 g/mol. The number of benzene rings is 1. The van der Waals surface area contributed by atoms with Gasteiger partial charge >= 0.3 is 0 Å². The van der Waals surface area contributed by atoms with Gasteiger partial charge in [-0.2, -0.15) is 0 Å². The third-order valence-electron chi connectivity index (χ3n) is 2.21. The van der Waals surface area contributed by atoms with Crippen molar-refractivity contribution in [1.82, 2.24) is 4.98 Å². The summed E-state index contributed by atoms with van der Waals surface area (Å²) in [5.41, 5.74) is 5.36. The molecule has 0 atom stereocenters. The van der Waals surface area contributed by atoms with Crippen molar-refractivity contribution in [3.05, 3.63) is 44.9 Å². The van der Waals surface area contributed by atoms with Gasteiger partial charge in [-0.05, 0) is 12.1 Å². The topological polar surface area (TPSA) is 50.9 Å². The van der Waals surface area contributed by atoms with E-state index < -0.39 is 11.6 Å². The van der Waals surface area contributed by atoms with Crippen LogP contribution in [0.1, 0.15) is 0 Å². The normalized spacial score (nSPS) is 10.6. The molecule has 2 aromatic rings. The Morgan fingerprint density at radius 1 is 1.00 bits per heavy atom. The van der Waals surface area contributed by atoms with Gasteiger partial charge in [-0.3, -0.25) is 0 Å². The van der Waals surface area contributed by atoms with Gasteiger partial charge in [0.1, 0.15) is 11.6 Å². The van der Waals surface area contributed by atoms with E-state index in [1.54, 1.807) is 0 Å². The highest BCUT2D eigenvalue weighted by atomic mass is 35.5. The van der Waals surface area contributed by atoms with Gasteiger partial charge in [-0.25, -0.2) is 13.8 Å². The smallest absolute Gasteiger partial charge is 0.151 e. The van der Waals surface area contributed by atoms with Crippen LogP contribution in [0.25, 0.3) is 0 Å². The van der Waals surface area contributed by atoms with Crippen LogP contribution in [-0.4, -0.2) is 4.98 Å². The summed E-state index contributed by atoms with van der Waals surface area (Å²) < 4.78 is 26.5. The monoisotopic (exact) mass is 323 g/mol. The van der Waals surface area contributed by atoms with Gasteiger partial charge in [0.15, 0.2) is 11.6 Å². The Bertz CT molecular complexity index is 626. The first kappa shape index (κ1) is 14.1. The summed E-state index contributed by atoms with van der Waals surface area (Å²) >= 11 is 17.3. The van der Waals surface area contributed by atoms with E-state index in [1.807, 2.05) is 0 Å². The second kappa shape index (κ2) is 5.36. The van der Waals surface area contributed by atoms with Crippen LogP contribution in [0.5, 0.6) is 0 Å². The predicted molar refractivity (Wildman–Crippen MR) is 73.3 cm³/mol. The minimum atomic E-state index is -0.878. The molecule has 1 heterocycles. The van der Waals surface area contributed by atoms with Gasteiger partial charge in [0.05, 0.1) is 20.8 Å². The van der Waals surface area contributed by atoms with E-state index in [4.69, 9.17) is 40.5 Å². The Hall–Kier alpha value is -1.30. The van der Waals surface area contributed by atoms with Crippen LogP contribution in [-0.2, 0) is 0 Å². The summed E-state index contributed by atoms with van der Waals surface area (Å²) in [6.07, 6.45) is 0. The first-order valence-corrected chi connectivity index (χ1v) is 6.05. The third kappa shape index (κ3) is 3.00. The third-order valence-corrected chi connectivity index (χ3v) is 3.10. The van der Waals surface area contributed by atoms with Crippen LogP contribution in [0.4, 0.5) is 26.1 Å². The predicted octanol–water partition coefficient (Wildman–Crippen LogP) is 4.65. The highest BCUT2D eigenvalue weighted by molar-refractivity contribution is 6.37. The minimum Gasteiger partial charge on any atom is -0.382 e. The molecule has 3 N–H and O–H groups in total. The molecule has 2 rings (SSSR count). The summed E-state index contributed by atoms with van der Waals surface area (Å²) in [7, 11) is 0. The highest BCUT2D eigenvalue weighted by Crippen LogP contribution is 2.33. The number of halogens is 5. The van der Waals surface area contributed by atoms with Gasteiger partial charge in [-0.1, -0.05) is 34.8 Å². The zero-order chi connectivity index (χ0) is 14.2. The number of hydrogen-bond acceptors (Lipinski definition) is 3. The lowest BCUT2D eigenvalue weighted by molar-refractivity contribution is 0.586. The van der Waals surface area contributed by atoms with Crippen molar-refractivity contribution in [2.45, 2.75) is 0 Å². The van der Waals surface area contributed by atoms with Gasteiger partial charge in [0.25, 0.3) is 0 Å². The van der Waals surface area contributed by atoms with E-state index >= 15 is 0 Å². The molecule has 19 heavy (non-hydrogen) atoms. The van der Waals surface area contributed by atoms with E-state index in [0.717, 1.165) is 6.07 Å². The molecule has 0 radical (unpaired) electrons. The molecule has 0 aliphatic heterocycles. The molecule has 0 bridgehead atoms. The number of nitrogens with one attached hydrogen (secondary N) is 1. The van der Waals surface area contributed by atoms with Crippen LogP contribution in [0.3, 0.4) is 0 Å². The quantitative estimate of drug-likeness (QED) is 0.845. The Labute approximate surface area is 122 Å². The van der Waals surface area contributed by atoms with Crippen LogP contribution >= 0.6 is 34.8 Å². The van der Waals surface area contributed by atoms with Crippen LogP contribution in [0.2, 0.25) is 15.1 Å². The lowest BCUT2D eigenvalue weighted by Gasteiger charge is -2.11. The summed E-state index contributed by atoms with van der Waals surface area (Å²) in [6, 6.07) is 2.99. The lowest BCUT2D eigenvalue weighted by atomic mass is 10.3. The molecule has 0 spiro atoms. The maximum atomic E-state index is 13.6. The maximum absolute atomic E-state index is 13.6. The number of nitrogens with zero attached hydrogens (tertiary/aromatic N) is 1. The Balaban J connectivity index is 2.45. The van der Waals surface area contributed by atoms with Crippen LogP contribution in [0.15, 0.2) is 18.2 Å². The fraction of sp³-hybridized carbons (Fsp3) is 0. The van der Waals surface area contributed by atoms with E-state index in [-0.39, 0.29) is 32.4 Å². The fourth-order valence-electron chi connectivity index (χ4n) is 1.35. The number of hydrogen-bond donors (Lipinski definition) is 2. The number of pyridine rings is 1. The average Bonchev–Trinajstić information content (AvgIpc) is 2.29. The maximum Gasteiger partial charge on any atom is 0.151 e. The Kier molecular flexibility index (Phi) is 3.99. The molecule has 3 nitrogen and oxygen atoms in total. The molecule has 0 aliphatic carbocycles. The second-order valence-corrected chi connectivity index (χ2v) is 4.78. The first-order chi connectivity index (χ1) is 8.88. The Morgan fingerprint density at radius 2 is 1.68 bits per heavy atom. The summed E-state index contributed by atoms with van der Waals surface area (Å²) in [4.78, 5) is 3.86. The molecule has 0 unspecified atom stereocenters. The van der Waals surface area contributed by atoms with E-state index in [2.05, 4.69) is 10.3 Å². The lowest BCUT2D eigenvalue weighted by Crippen LogP contribution is -2.01. The average molecular weight is 325 g/mol. The molecule has 8 heteroatoms. The van der Waals surface area contributed by atoms with E-state index in [0.29, 0.717) is 6.07 Å². The Morgan fingerprint density at radius 3 is 2.32 bits per heavy atom. The van der Waals surface area contributed by atoms with Crippen molar-refractivity contribution in [2.24, 2.45) is 0 Å². The van der Waals surface area contributed by atoms with Gasteiger partial charge in [0.2, 0.25) is 0 Å². The summed E-state index contributed by atoms with van der Waals surface area (Å²) in [5, 5.41) is 2.69. The molecule has 1 aromatic heterocycles. The van der Waals surface area contributed by atoms with E-state index in [1.165, 1.54) is 6.07 Å². The van der Waals surface area contributed by atoms with Crippen LogP contribution < -0.4 is 11.1 Å². The van der Waals surface area contributed by atoms with Crippen molar-refractivity contribution in [3.63, 3.8) is 0 Å². The number of anilines is 3. The molecule has 0 saturated carbocycles. The molecular formula is C11H6Cl3F2N3. The largest absolute Gasteiger partial charge is 0.382 e. The minimum absolute atomic E-state index is 0.0206. The van der Waals surface area contributed by atoms with E-state index in [9.17, 15) is 8.78 Å². The molecule has 100 valence electrons. The zero-order valence-electron chi connectivity index (χ0n) is 9.15. The number of aromatic nitrogens is 1. The fourth-order valence-corrected chi connectivity index (χ4v) is 2.00. The summed E-state index contributed by atoms with van der Waals surface area (Å²) in [5.74, 6) is -1.58. The van der Waals surface area contributed by atoms with Crippen molar-refractivity contribution >= 4 is 52.1 Å². The van der Waals surface area contributed by atoms with Crippen LogP contribution in [0, 0.1) is 11.6 Å². The summed E-state index contributed by atoms with van der Waals surface area (Å²) in [6.45, 7) is 0. The standard InChI is InChI=1S/C11H6Cl3F2N3/c12-5-1-4(15)2-8(16)9(5)18-11-7(14)3-6(13)10(17)19-11/h1-3H,(H3,17,18,19). The van der Waals surface area contributed by atoms with Gasteiger partial charge in [-0.15, -0.1) is 0 Å². The molecule has 0 aliphatic rings. The molecule has 0 saturated heterocycles.